The van der Waals surface area contributed by atoms with Crippen LogP contribution in [-0.2, 0) is 6.54 Å². The molecule has 0 aliphatic rings. The molecule has 1 aromatic carbocycles. The number of halogens is 1. The van der Waals surface area contributed by atoms with E-state index >= 15 is 0 Å². The van der Waals surface area contributed by atoms with Crippen molar-refractivity contribution in [2.45, 2.75) is 13.5 Å². The zero-order valence-electron chi connectivity index (χ0n) is 9.74. The fraction of sp³-hybridized carbons (Fsp3) is 0.167. The Morgan fingerprint density at radius 2 is 2.11 bits per heavy atom. The molecule has 0 spiro atoms. The average Bonchev–Trinajstić information content (AvgIpc) is 2.31. The topological polar surface area (TPSA) is 80.9 Å². The van der Waals surface area contributed by atoms with Crippen LogP contribution in [0, 0.1) is 12.7 Å². The molecule has 0 bridgehead atoms. The van der Waals surface area contributed by atoms with Gasteiger partial charge in [0.05, 0.1) is 12.2 Å². The summed E-state index contributed by atoms with van der Waals surface area (Å²) in [6, 6.07) is 4.34. The van der Waals surface area contributed by atoms with Gasteiger partial charge in [0.2, 0.25) is 0 Å². The van der Waals surface area contributed by atoms with Crippen LogP contribution in [0.3, 0.4) is 0 Å². The lowest BCUT2D eigenvalue weighted by molar-refractivity contribution is 0.626. The largest absolute Gasteiger partial charge is 0.396 e. The summed E-state index contributed by atoms with van der Waals surface area (Å²) < 4.78 is 14.6. The molecular weight excluding hydrogens is 237 g/mol. The second-order valence-corrected chi connectivity index (χ2v) is 4.06. The van der Waals surface area contributed by atoms with Crippen LogP contribution in [0.4, 0.5) is 10.1 Å². The molecule has 2 rings (SSSR count). The third kappa shape index (κ3) is 2.32. The van der Waals surface area contributed by atoms with E-state index in [1.54, 1.807) is 13.0 Å². The molecule has 0 atom stereocenters. The van der Waals surface area contributed by atoms with E-state index in [4.69, 9.17) is 5.73 Å². The summed E-state index contributed by atoms with van der Waals surface area (Å²) in [6.45, 7) is 1.77. The normalized spacial score (nSPS) is 10.6. The predicted octanol–water partition coefficient (Wildman–Crippen LogP) is 0.615. The van der Waals surface area contributed by atoms with Gasteiger partial charge in [-0.05, 0) is 24.6 Å². The van der Waals surface area contributed by atoms with Gasteiger partial charge in [0, 0.05) is 11.8 Å². The Labute approximate surface area is 102 Å². The van der Waals surface area contributed by atoms with Gasteiger partial charge in [0.25, 0.3) is 5.56 Å². The lowest BCUT2D eigenvalue weighted by Crippen LogP contribution is -2.31. The third-order valence-corrected chi connectivity index (χ3v) is 2.61. The minimum absolute atomic E-state index is 0.0590. The van der Waals surface area contributed by atoms with Gasteiger partial charge in [-0.2, -0.15) is 0 Å². The van der Waals surface area contributed by atoms with Crippen LogP contribution >= 0.6 is 0 Å². The number of H-pyrrole nitrogens is 1. The quantitative estimate of drug-likeness (QED) is 0.765. The van der Waals surface area contributed by atoms with Crippen LogP contribution in [0.2, 0.25) is 0 Å². The fourth-order valence-corrected chi connectivity index (χ4v) is 1.60. The van der Waals surface area contributed by atoms with Crippen molar-refractivity contribution >= 4 is 5.69 Å². The highest BCUT2D eigenvalue weighted by Gasteiger charge is 2.04. The van der Waals surface area contributed by atoms with Crippen molar-refractivity contribution in [3.05, 3.63) is 62.2 Å². The van der Waals surface area contributed by atoms with E-state index in [-0.39, 0.29) is 12.2 Å². The number of aromatic amines is 1. The molecule has 18 heavy (non-hydrogen) atoms. The molecule has 0 aliphatic carbocycles. The van der Waals surface area contributed by atoms with Crippen LogP contribution in [0.5, 0.6) is 0 Å². The summed E-state index contributed by atoms with van der Waals surface area (Å²) in [4.78, 5) is 24.9. The Kier molecular flexibility index (Phi) is 3.01. The molecule has 5 nitrogen and oxygen atoms in total. The van der Waals surface area contributed by atoms with Gasteiger partial charge in [-0.1, -0.05) is 6.07 Å². The Morgan fingerprint density at radius 1 is 1.39 bits per heavy atom. The van der Waals surface area contributed by atoms with E-state index in [1.165, 1.54) is 22.9 Å². The van der Waals surface area contributed by atoms with E-state index in [2.05, 4.69) is 4.98 Å². The second-order valence-electron chi connectivity index (χ2n) is 4.06. The van der Waals surface area contributed by atoms with Crippen LogP contribution in [0.1, 0.15) is 11.1 Å². The molecule has 1 aromatic heterocycles. The maximum Gasteiger partial charge on any atom is 0.328 e. The third-order valence-electron chi connectivity index (χ3n) is 2.61. The first-order valence-electron chi connectivity index (χ1n) is 5.31. The Balaban J connectivity index is 2.40. The summed E-state index contributed by atoms with van der Waals surface area (Å²) in [6.07, 6.45) is 1.44. The molecule has 1 heterocycles. The molecule has 0 radical (unpaired) electrons. The van der Waals surface area contributed by atoms with Crippen LogP contribution < -0.4 is 17.0 Å². The van der Waals surface area contributed by atoms with Gasteiger partial charge in [-0.15, -0.1) is 0 Å². The second kappa shape index (κ2) is 4.48. The molecule has 0 saturated heterocycles. The highest BCUT2D eigenvalue weighted by molar-refractivity contribution is 5.41. The number of nitrogen functional groups attached to an aromatic ring is 1. The van der Waals surface area contributed by atoms with Gasteiger partial charge in [-0.3, -0.25) is 14.3 Å². The summed E-state index contributed by atoms with van der Waals surface area (Å²) in [5, 5.41) is 0. The molecule has 2 aromatic rings. The minimum atomic E-state index is -0.526. The summed E-state index contributed by atoms with van der Waals surface area (Å²) >= 11 is 0. The van der Waals surface area contributed by atoms with Crippen LogP contribution in [-0.4, -0.2) is 9.55 Å². The minimum Gasteiger partial charge on any atom is -0.396 e. The highest BCUT2D eigenvalue weighted by Crippen LogP contribution is 2.12. The van der Waals surface area contributed by atoms with Crippen LogP contribution in [0.15, 0.2) is 34.0 Å². The molecule has 0 amide bonds. The highest BCUT2D eigenvalue weighted by atomic mass is 19.1. The Hall–Kier alpha value is -2.37. The first kappa shape index (κ1) is 12.1. The summed E-state index contributed by atoms with van der Waals surface area (Å²) in [5.74, 6) is -0.526. The number of nitrogens with one attached hydrogen (secondary N) is 1. The number of benzene rings is 1. The molecule has 94 valence electrons. The Bertz CT molecular complexity index is 703. The number of hydrogen-bond acceptors (Lipinski definition) is 3. The smallest absolute Gasteiger partial charge is 0.328 e. The number of nitrogens with two attached hydrogens (primary N) is 1. The van der Waals surface area contributed by atoms with Crippen molar-refractivity contribution in [3.63, 3.8) is 0 Å². The monoisotopic (exact) mass is 249 g/mol. The molecule has 0 saturated carbocycles. The first-order chi connectivity index (χ1) is 8.47. The van der Waals surface area contributed by atoms with Crippen molar-refractivity contribution in [2.24, 2.45) is 0 Å². The average molecular weight is 249 g/mol. The number of hydrogen-bond donors (Lipinski definition) is 2. The van der Waals surface area contributed by atoms with Crippen molar-refractivity contribution in [2.75, 3.05) is 5.73 Å². The molecular formula is C12H12FN3O2. The number of rotatable bonds is 2. The predicted molar refractivity (Wildman–Crippen MR) is 66.0 cm³/mol. The lowest BCUT2D eigenvalue weighted by Gasteiger charge is -2.07. The fourth-order valence-electron chi connectivity index (χ4n) is 1.60. The van der Waals surface area contributed by atoms with Crippen molar-refractivity contribution in [1.29, 1.82) is 0 Å². The number of nitrogens with zero attached hydrogens (tertiary/aromatic N) is 1. The van der Waals surface area contributed by atoms with Crippen molar-refractivity contribution in [1.82, 2.24) is 9.55 Å². The number of anilines is 1. The van der Waals surface area contributed by atoms with Gasteiger partial charge >= 0.3 is 5.69 Å². The molecule has 0 fully saturated rings. The SMILES string of the molecule is Cc1cn(Cc2ccc(N)c(F)c2)c(=O)[nH]c1=O. The van der Waals surface area contributed by atoms with Crippen LogP contribution in [0.25, 0.3) is 0 Å². The van der Waals surface area contributed by atoms with E-state index in [9.17, 15) is 14.0 Å². The van der Waals surface area contributed by atoms with Gasteiger partial charge < -0.3 is 5.73 Å². The summed E-state index contributed by atoms with van der Waals surface area (Å²) in [7, 11) is 0. The molecule has 0 aliphatic heterocycles. The number of aromatic nitrogens is 2. The standard InChI is InChI=1S/C12H12FN3O2/c1-7-5-16(12(18)15-11(7)17)6-8-2-3-10(14)9(13)4-8/h2-5H,6,14H2,1H3,(H,15,17,18). The maximum atomic E-state index is 13.3. The molecule has 3 N–H and O–H groups in total. The van der Waals surface area contributed by atoms with Crippen molar-refractivity contribution in [3.8, 4) is 0 Å². The van der Waals surface area contributed by atoms with Gasteiger partial charge in [0.15, 0.2) is 0 Å². The van der Waals surface area contributed by atoms with E-state index < -0.39 is 17.1 Å². The van der Waals surface area contributed by atoms with E-state index in [0.29, 0.717) is 11.1 Å². The number of aryl methyl sites for hydroxylation is 1. The van der Waals surface area contributed by atoms with E-state index in [1.807, 2.05) is 0 Å². The lowest BCUT2D eigenvalue weighted by atomic mass is 10.2. The first-order valence-corrected chi connectivity index (χ1v) is 5.31. The zero-order chi connectivity index (χ0) is 13.3. The molecule has 0 unspecified atom stereocenters. The van der Waals surface area contributed by atoms with E-state index in [0.717, 1.165) is 0 Å². The Morgan fingerprint density at radius 3 is 2.78 bits per heavy atom. The van der Waals surface area contributed by atoms with Gasteiger partial charge in [0.1, 0.15) is 5.82 Å². The van der Waals surface area contributed by atoms with Gasteiger partial charge in [-0.25, -0.2) is 9.18 Å². The zero-order valence-corrected chi connectivity index (χ0v) is 9.74. The van der Waals surface area contributed by atoms with Crippen molar-refractivity contribution < 1.29 is 4.39 Å². The maximum absolute atomic E-state index is 13.3. The summed E-state index contributed by atoms with van der Waals surface area (Å²) in [5.41, 5.74) is 5.50. The molecule has 6 heteroatoms.